The van der Waals surface area contributed by atoms with E-state index in [0.29, 0.717) is 12.6 Å². The first-order chi connectivity index (χ1) is 7.72. The van der Waals surface area contributed by atoms with Gasteiger partial charge in [-0.15, -0.1) is 0 Å². The molecule has 0 aliphatic carbocycles. The topological polar surface area (TPSA) is 29.3 Å². The van der Waals surface area contributed by atoms with Gasteiger partial charge >= 0.3 is 0 Å². The summed E-state index contributed by atoms with van der Waals surface area (Å²) in [7, 11) is 0. The zero-order chi connectivity index (χ0) is 12.0. The highest BCUT2D eigenvalue weighted by atomic mass is 19.1. The molecule has 16 heavy (non-hydrogen) atoms. The van der Waals surface area contributed by atoms with E-state index in [4.69, 9.17) is 5.73 Å². The molecule has 1 unspecified atom stereocenters. The summed E-state index contributed by atoms with van der Waals surface area (Å²) < 4.78 is 12.9. The first-order valence-electron chi connectivity index (χ1n) is 5.92. The minimum Gasteiger partial charge on any atom is -0.330 e. The highest BCUT2D eigenvalue weighted by Crippen LogP contribution is 2.23. The molecule has 90 valence electrons. The van der Waals surface area contributed by atoms with Crippen LogP contribution in [0.4, 0.5) is 4.39 Å². The molecule has 0 aliphatic rings. The van der Waals surface area contributed by atoms with Gasteiger partial charge in [0.1, 0.15) is 5.82 Å². The van der Waals surface area contributed by atoms with E-state index >= 15 is 0 Å². The quantitative estimate of drug-likeness (QED) is 0.804. The van der Waals surface area contributed by atoms with Crippen LogP contribution >= 0.6 is 0 Å². The van der Waals surface area contributed by atoms with Crippen molar-refractivity contribution in [3.05, 3.63) is 35.6 Å². The molecule has 2 nitrogen and oxygen atoms in total. The van der Waals surface area contributed by atoms with Gasteiger partial charge in [-0.2, -0.15) is 0 Å². The summed E-state index contributed by atoms with van der Waals surface area (Å²) in [5.74, 6) is -0.185. The van der Waals surface area contributed by atoms with Crippen molar-refractivity contribution in [3.63, 3.8) is 0 Å². The molecule has 1 aromatic rings. The molecule has 1 atom stereocenters. The zero-order valence-corrected chi connectivity index (χ0v) is 10.1. The van der Waals surface area contributed by atoms with Crippen LogP contribution in [-0.4, -0.2) is 24.5 Å². The Kier molecular flexibility index (Phi) is 5.43. The van der Waals surface area contributed by atoms with E-state index in [2.05, 4.69) is 18.7 Å². The van der Waals surface area contributed by atoms with Crippen molar-refractivity contribution >= 4 is 0 Å². The molecule has 0 fully saturated rings. The van der Waals surface area contributed by atoms with Gasteiger partial charge in [0, 0.05) is 6.04 Å². The molecule has 0 bridgehead atoms. The van der Waals surface area contributed by atoms with Gasteiger partial charge in [0.25, 0.3) is 0 Å². The molecular weight excluding hydrogens is 203 g/mol. The van der Waals surface area contributed by atoms with Crippen molar-refractivity contribution < 1.29 is 4.39 Å². The van der Waals surface area contributed by atoms with Crippen molar-refractivity contribution in [3.8, 4) is 0 Å². The maximum atomic E-state index is 12.9. The first-order valence-corrected chi connectivity index (χ1v) is 5.92. The lowest BCUT2D eigenvalue weighted by molar-refractivity contribution is 0.210. The van der Waals surface area contributed by atoms with Crippen LogP contribution in [-0.2, 0) is 0 Å². The van der Waals surface area contributed by atoms with E-state index in [1.165, 1.54) is 12.1 Å². The lowest BCUT2D eigenvalue weighted by atomic mass is 10.0. The molecular formula is C13H21FN2. The summed E-state index contributed by atoms with van der Waals surface area (Å²) in [6.45, 7) is 6.89. The van der Waals surface area contributed by atoms with Crippen LogP contribution in [0.15, 0.2) is 24.3 Å². The summed E-state index contributed by atoms with van der Waals surface area (Å²) in [4.78, 5) is 2.35. The van der Waals surface area contributed by atoms with Gasteiger partial charge in [0.05, 0.1) is 0 Å². The van der Waals surface area contributed by atoms with Crippen LogP contribution in [0.2, 0.25) is 0 Å². The summed E-state index contributed by atoms with van der Waals surface area (Å²) in [5, 5.41) is 0. The van der Waals surface area contributed by atoms with Crippen molar-refractivity contribution in [1.29, 1.82) is 0 Å². The maximum absolute atomic E-state index is 12.9. The van der Waals surface area contributed by atoms with Crippen molar-refractivity contribution in [2.75, 3.05) is 19.6 Å². The average Bonchev–Trinajstić information content (AvgIpc) is 2.31. The van der Waals surface area contributed by atoms with Gasteiger partial charge < -0.3 is 5.73 Å². The third-order valence-electron chi connectivity index (χ3n) is 2.95. The predicted molar refractivity (Wildman–Crippen MR) is 65.7 cm³/mol. The summed E-state index contributed by atoms with van der Waals surface area (Å²) in [6, 6.07) is 7.05. The molecule has 0 amide bonds. The van der Waals surface area contributed by atoms with E-state index in [1.807, 2.05) is 12.1 Å². The molecule has 0 saturated carbocycles. The molecule has 0 spiro atoms. The van der Waals surface area contributed by atoms with E-state index < -0.39 is 0 Å². The molecule has 0 radical (unpaired) electrons. The van der Waals surface area contributed by atoms with E-state index in [0.717, 1.165) is 25.1 Å². The van der Waals surface area contributed by atoms with Crippen LogP contribution in [0.5, 0.6) is 0 Å². The summed E-state index contributed by atoms with van der Waals surface area (Å²) in [6.07, 6.45) is 0.910. The monoisotopic (exact) mass is 224 g/mol. The number of hydrogen-bond acceptors (Lipinski definition) is 2. The molecule has 0 heterocycles. The predicted octanol–water partition coefficient (Wildman–Crippen LogP) is 2.56. The molecule has 0 saturated heterocycles. The second kappa shape index (κ2) is 6.61. The van der Waals surface area contributed by atoms with Gasteiger partial charge in [0.2, 0.25) is 0 Å². The lowest BCUT2D eigenvalue weighted by Gasteiger charge is -2.29. The van der Waals surface area contributed by atoms with Crippen LogP contribution in [0.25, 0.3) is 0 Å². The second-order valence-electron chi connectivity index (χ2n) is 3.87. The van der Waals surface area contributed by atoms with Crippen molar-refractivity contribution in [1.82, 2.24) is 4.90 Å². The molecule has 1 rings (SSSR count). The van der Waals surface area contributed by atoms with Crippen molar-refractivity contribution in [2.24, 2.45) is 5.73 Å². The Morgan fingerprint density at radius 2 is 1.75 bits per heavy atom. The normalized spacial score (nSPS) is 13.1. The lowest BCUT2D eigenvalue weighted by Crippen LogP contribution is -2.30. The van der Waals surface area contributed by atoms with Gasteiger partial charge in [-0.1, -0.05) is 26.0 Å². The van der Waals surface area contributed by atoms with Crippen LogP contribution in [0.3, 0.4) is 0 Å². The minimum atomic E-state index is -0.185. The van der Waals surface area contributed by atoms with Gasteiger partial charge in [-0.25, -0.2) is 4.39 Å². The first kappa shape index (κ1) is 13.1. The van der Waals surface area contributed by atoms with Crippen LogP contribution < -0.4 is 5.73 Å². The molecule has 1 aromatic carbocycles. The van der Waals surface area contributed by atoms with Crippen molar-refractivity contribution in [2.45, 2.75) is 26.3 Å². The smallest absolute Gasteiger partial charge is 0.123 e. The number of rotatable bonds is 6. The minimum absolute atomic E-state index is 0.185. The highest BCUT2D eigenvalue weighted by molar-refractivity contribution is 5.20. The van der Waals surface area contributed by atoms with E-state index in [9.17, 15) is 4.39 Å². The largest absolute Gasteiger partial charge is 0.330 e. The Labute approximate surface area is 97.3 Å². The number of nitrogens with two attached hydrogens (primary N) is 1. The number of nitrogens with zero attached hydrogens (tertiary/aromatic N) is 1. The van der Waals surface area contributed by atoms with Gasteiger partial charge in [0.15, 0.2) is 0 Å². The zero-order valence-electron chi connectivity index (χ0n) is 10.1. The van der Waals surface area contributed by atoms with E-state index in [-0.39, 0.29) is 5.82 Å². The molecule has 3 heteroatoms. The maximum Gasteiger partial charge on any atom is 0.123 e. The number of benzene rings is 1. The fraction of sp³-hybridized carbons (Fsp3) is 0.538. The second-order valence-corrected chi connectivity index (χ2v) is 3.87. The Bertz CT molecular complexity index is 293. The number of halogens is 1. The van der Waals surface area contributed by atoms with E-state index in [1.54, 1.807) is 0 Å². The standard InChI is InChI=1S/C13H21FN2/c1-3-16(4-2)13(9-10-15)11-5-7-12(14)8-6-11/h5-8,13H,3-4,9-10,15H2,1-2H3. The Balaban J connectivity index is 2.87. The number of hydrogen-bond donors (Lipinski definition) is 1. The molecule has 2 N–H and O–H groups in total. The van der Waals surface area contributed by atoms with Gasteiger partial charge in [-0.05, 0) is 43.8 Å². The third kappa shape index (κ3) is 3.29. The average molecular weight is 224 g/mol. The third-order valence-corrected chi connectivity index (χ3v) is 2.95. The van der Waals surface area contributed by atoms with Crippen LogP contribution in [0.1, 0.15) is 31.9 Å². The molecule has 0 aromatic heterocycles. The Morgan fingerprint density at radius 3 is 2.19 bits per heavy atom. The highest BCUT2D eigenvalue weighted by Gasteiger charge is 2.16. The fourth-order valence-corrected chi connectivity index (χ4v) is 2.07. The Hall–Kier alpha value is -0.930. The van der Waals surface area contributed by atoms with Gasteiger partial charge in [-0.3, -0.25) is 4.90 Å². The van der Waals surface area contributed by atoms with Crippen LogP contribution in [0, 0.1) is 5.82 Å². The molecule has 0 aliphatic heterocycles. The summed E-state index contributed by atoms with van der Waals surface area (Å²) >= 11 is 0. The SMILES string of the molecule is CCN(CC)C(CCN)c1ccc(F)cc1. The fourth-order valence-electron chi connectivity index (χ4n) is 2.07. The Morgan fingerprint density at radius 1 is 1.19 bits per heavy atom. The summed E-state index contributed by atoms with van der Waals surface area (Å²) in [5.41, 5.74) is 6.79.